The number of nitrogens with zero attached hydrogens (tertiary/aromatic N) is 4. The van der Waals surface area contributed by atoms with Crippen molar-refractivity contribution in [3.8, 4) is 29.0 Å². The summed E-state index contributed by atoms with van der Waals surface area (Å²) in [7, 11) is 6.37. The van der Waals surface area contributed by atoms with Gasteiger partial charge in [-0.3, -0.25) is 0 Å². The number of nitrogens with two attached hydrogens (primary N) is 1. The quantitative estimate of drug-likeness (QED) is 0.0963. The molecule has 0 aliphatic rings. The molecule has 2 N–H and O–H groups in total. The molecule has 0 radical (unpaired) electrons. The molecule has 2 heterocycles. The number of ether oxygens (including phenoxy) is 5. The summed E-state index contributed by atoms with van der Waals surface area (Å²) >= 11 is 2.86. The Morgan fingerprint density at radius 2 is 1.74 bits per heavy atom. The van der Waals surface area contributed by atoms with Gasteiger partial charge in [0.25, 0.3) is 0 Å². The number of rotatable bonds is 15. The lowest BCUT2D eigenvalue weighted by Crippen LogP contribution is -2.05. The molecule has 0 aliphatic carbocycles. The number of hydrogen-bond acceptors (Lipinski definition) is 12. The summed E-state index contributed by atoms with van der Waals surface area (Å²) in [5, 5.41) is 23.2. The first-order chi connectivity index (χ1) is 20.4. The second-order valence-corrected chi connectivity index (χ2v) is 10.4. The minimum atomic E-state index is 0.0649. The lowest BCUT2D eigenvalue weighted by molar-refractivity contribution is 0.146. The summed E-state index contributed by atoms with van der Waals surface area (Å²) in [6.07, 6.45) is 3.10. The minimum Gasteiger partial charge on any atom is -0.497 e. The molecule has 2 aromatic heterocycles. The fourth-order valence-corrected chi connectivity index (χ4v) is 5.75. The Bertz CT molecular complexity index is 1500. The zero-order valence-electron chi connectivity index (χ0n) is 24.2. The molecule has 0 saturated heterocycles. The van der Waals surface area contributed by atoms with E-state index < -0.39 is 0 Å². The highest BCUT2D eigenvalue weighted by atomic mass is 32.2. The van der Waals surface area contributed by atoms with E-state index in [1.165, 1.54) is 23.1 Å². The van der Waals surface area contributed by atoms with Crippen LogP contribution in [-0.2, 0) is 31.1 Å². The number of benzene rings is 1. The van der Waals surface area contributed by atoms with Crippen molar-refractivity contribution in [2.24, 2.45) is 0 Å². The van der Waals surface area contributed by atoms with Crippen LogP contribution in [0.2, 0.25) is 0 Å². The fourth-order valence-electron chi connectivity index (χ4n) is 4.00. The van der Waals surface area contributed by atoms with E-state index in [1.807, 2.05) is 18.4 Å². The third kappa shape index (κ3) is 7.95. The standard InChI is InChI=1S/C30H33N5O5S2/c1-6-24(37-3)28(39-5)25(38-4)11-12-26-34-20(17-41-26)18-42-30-23(16-32)27(22(15-31)29(33)35-30)19-7-9-21(10-8-19)40-14-13-36-2/h7-11,17H,6,12-14,18H2,1-5H3,(H2,33,35)/b25-11+,28-24-. The van der Waals surface area contributed by atoms with Crippen molar-refractivity contribution < 1.29 is 23.7 Å². The second kappa shape index (κ2) is 16.3. The van der Waals surface area contributed by atoms with Crippen LogP contribution in [0.15, 0.2) is 58.0 Å². The smallest absolute Gasteiger partial charge is 0.198 e. The van der Waals surface area contributed by atoms with Crippen molar-refractivity contribution >= 4 is 28.9 Å². The zero-order chi connectivity index (χ0) is 30.5. The highest BCUT2D eigenvalue weighted by molar-refractivity contribution is 7.98. The molecule has 0 saturated carbocycles. The van der Waals surface area contributed by atoms with Gasteiger partial charge in [0.15, 0.2) is 11.5 Å². The number of nitriles is 2. The van der Waals surface area contributed by atoms with Crippen LogP contribution in [0.25, 0.3) is 11.1 Å². The summed E-state index contributed by atoms with van der Waals surface area (Å²) in [4.78, 5) is 9.12. The second-order valence-electron chi connectivity index (χ2n) is 8.53. The van der Waals surface area contributed by atoms with Gasteiger partial charge in [0, 0.05) is 36.6 Å². The summed E-state index contributed by atoms with van der Waals surface area (Å²) in [5.41, 5.74) is 8.56. The molecular weight excluding hydrogens is 574 g/mol. The number of anilines is 1. The number of nitrogen functional groups attached to an aromatic ring is 1. The molecule has 12 heteroatoms. The molecule has 1 aromatic carbocycles. The van der Waals surface area contributed by atoms with Crippen molar-refractivity contribution in [3.05, 3.63) is 74.8 Å². The molecule has 3 aromatic rings. The van der Waals surface area contributed by atoms with E-state index in [-0.39, 0.29) is 16.9 Å². The normalized spacial score (nSPS) is 11.7. The van der Waals surface area contributed by atoms with Crippen LogP contribution in [0, 0.1) is 22.7 Å². The molecule has 220 valence electrons. The third-order valence-corrected chi connectivity index (χ3v) is 7.93. The highest BCUT2D eigenvalue weighted by Crippen LogP contribution is 2.37. The van der Waals surface area contributed by atoms with Crippen LogP contribution in [-0.4, -0.2) is 51.6 Å². The molecule has 10 nitrogen and oxygen atoms in total. The first-order valence-electron chi connectivity index (χ1n) is 12.9. The molecule has 42 heavy (non-hydrogen) atoms. The summed E-state index contributed by atoms with van der Waals surface area (Å²) in [6, 6.07) is 11.5. The lowest BCUT2D eigenvalue weighted by Gasteiger charge is -2.14. The Morgan fingerprint density at radius 3 is 2.33 bits per heavy atom. The molecule has 0 spiro atoms. The van der Waals surface area contributed by atoms with Crippen LogP contribution in [0.5, 0.6) is 5.75 Å². The van der Waals surface area contributed by atoms with E-state index in [0.717, 1.165) is 10.7 Å². The number of hydrogen-bond donors (Lipinski definition) is 1. The number of pyridine rings is 1. The van der Waals surface area contributed by atoms with E-state index >= 15 is 0 Å². The van der Waals surface area contributed by atoms with Crippen molar-refractivity contribution in [3.63, 3.8) is 0 Å². The predicted molar refractivity (Wildman–Crippen MR) is 163 cm³/mol. The Balaban J connectivity index is 1.82. The first-order valence-corrected chi connectivity index (χ1v) is 14.8. The lowest BCUT2D eigenvalue weighted by atomic mass is 9.97. The highest BCUT2D eigenvalue weighted by Gasteiger charge is 2.21. The number of allylic oxidation sites excluding steroid dienone is 2. The maximum atomic E-state index is 10.1. The first kappa shape index (κ1) is 32.3. The largest absolute Gasteiger partial charge is 0.497 e. The Kier molecular flexibility index (Phi) is 12.5. The molecule has 3 rings (SSSR count). The number of aromatic nitrogens is 2. The van der Waals surface area contributed by atoms with Crippen LogP contribution >= 0.6 is 23.1 Å². The molecule has 0 bridgehead atoms. The molecule has 0 unspecified atom stereocenters. The molecule has 0 aliphatic heterocycles. The van der Waals surface area contributed by atoms with Gasteiger partial charge in [-0.2, -0.15) is 10.5 Å². The van der Waals surface area contributed by atoms with Crippen LogP contribution in [0.3, 0.4) is 0 Å². The third-order valence-electron chi connectivity index (χ3n) is 6.00. The zero-order valence-corrected chi connectivity index (χ0v) is 25.9. The van der Waals surface area contributed by atoms with E-state index in [9.17, 15) is 10.5 Å². The number of thiazole rings is 1. The van der Waals surface area contributed by atoms with Crippen molar-refractivity contribution in [2.75, 3.05) is 47.4 Å². The minimum absolute atomic E-state index is 0.0649. The summed E-state index contributed by atoms with van der Waals surface area (Å²) in [5.74, 6) is 2.98. The van der Waals surface area contributed by atoms with Crippen molar-refractivity contribution in [1.29, 1.82) is 10.5 Å². The Hall–Kier alpha value is -4.23. The van der Waals surface area contributed by atoms with Crippen LogP contribution in [0.4, 0.5) is 5.82 Å². The van der Waals surface area contributed by atoms with Gasteiger partial charge in [-0.1, -0.05) is 30.8 Å². The average Bonchev–Trinajstić information content (AvgIpc) is 3.47. The topological polar surface area (TPSA) is 146 Å². The summed E-state index contributed by atoms with van der Waals surface area (Å²) < 4.78 is 27.1. The summed E-state index contributed by atoms with van der Waals surface area (Å²) in [6.45, 7) is 2.85. The van der Waals surface area contributed by atoms with Gasteiger partial charge in [0.05, 0.1) is 44.2 Å². The van der Waals surface area contributed by atoms with Gasteiger partial charge in [-0.25, -0.2) is 9.97 Å². The number of methoxy groups -OCH3 is 4. The van der Waals surface area contributed by atoms with Crippen LogP contribution < -0.4 is 10.5 Å². The van der Waals surface area contributed by atoms with Crippen LogP contribution in [0.1, 0.15) is 35.2 Å². The van der Waals surface area contributed by atoms with Gasteiger partial charge in [0.2, 0.25) is 0 Å². The van der Waals surface area contributed by atoms with Gasteiger partial charge < -0.3 is 29.4 Å². The Morgan fingerprint density at radius 1 is 1.00 bits per heavy atom. The maximum Gasteiger partial charge on any atom is 0.198 e. The SMILES string of the molecule is CC/C(OC)=C(OC)\C(=C/Cc1nc(CSc2nc(N)c(C#N)c(-c3ccc(OCCOC)cc3)c2C#N)cs1)OC. The van der Waals surface area contributed by atoms with Gasteiger partial charge in [-0.05, 0) is 23.8 Å². The maximum absolute atomic E-state index is 10.1. The molecular formula is C30H33N5O5S2. The average molecular weight is 608 g/mol. The number of thioether (sulfide) groups is 1. The van der Waals surface area contributed by atoms with E-state index in [1.54, 1.807) is 52.7 Å². The van der Waals surface area contributed by atoms with E-state index in [0.29, 0.717) is 71.0 Å². The molecule has 0 fully saturated rings. The molecule has 0 atom stereocenters. The Labute approximate surface area is 254 Å². The van der Waals surface area contributed by atoms with Crippen molar-refractivity contribution in [1.82, 2.24) is 9.97 Å². The molecule has 0 amide bonds. The predicted octanol–water partition coefficient (Wildman–Crippen LogP) is 5.84. The monoisotopic (exact) mass is 607 g/mol. The van der Waals surface area contributed by atoms with Gasteiger partial charge in [-0.15, -0.1) is 11.3 Å². The van der Waals surface area contributed by atoms with E-state index in [2.05, 4.69) is 17.1 Å². The van der Waals surface area contributed by atoms with E-state index in [4.69, 9.17) is 34.4 Å². The van der Waals surface area contributed by atoms with Gasteiger partial charge >= 0.3 is 0 Å². The fraction of sp³-hybridized carbons (Fsp3) is 0.333. The van der Waals surface area contributed by atoms with Crippen molar-refractivity contribution in [2.45, 2.75) is 30.5 Å². The van der Waals surface area contributed by atoms with Gasteiger partial charge in [0.1, 0.15) is 46.7 Å².